The minimum absolute atomic E-state index is 0.00946. The Morgan fingerprint density at radius 3 is 2.45 bits per heavy atom. The number of hydrogen-bond acceptors (Lipinski definition) is 4. The number of fused-ring (bicyclic) bond motifs is 3. The van der Waals surface area contributed by atoms with Crippen LogP contribution in [0.25, 0.3) is 0 Å². The molecule has 6 rings (SSSR count). The molecule has 2 amide bonds. The van der Waals surface area contributed by atoms with Crippen molar-refractivity contribution in [3.8, 4) is 0 Å². The maximum absolute atomic E-state index is 13.4. The second kappa shape index (κ2) is 9.71. The number of alkyl halides is 4. The van der Waals surface area contributed by atoms with Gasteiger partial charge in [0, 0.05) is 49.8 Å². The van der Waals surface area contributed by atoms with Crippen LogP contribution in [0.15, 0.2) is 29.8 Å². The van der Waals surface area contributed by atoms with Crippen LogP contribution in [0, 0.1) is 6.92 Å². The van der Waals surface area contributed by atoms with Gasteiger partial charge in [0.15, 0.2) is 5.69 Å². The Kier molecular flexibility index (Phi) is 6.55. The van der Waals surface area contributed by atoms with E-state index in [4.69, 9.17) is 0 Å². The van der Waals surface area contributed by atoms with E-state index in [0.717, 1.165) is 17.3 Å². The first-order valence-electron chi connectivity index (χ1n) is 13.8. The first-order valence-corrected chi connectivity index (χ1v) is 13.8. The van der Waals surface area contributed by atoms with Crippen LogP contribution in [-0.4, -0.2) is 75.0 Å². The normalized spacial score (nSPS) is 22.1. The number of amides is 2. The van der Waals surface area contributed by atoms with Crippen molar-refractivity contribution in [2.24, 2.45) is 0 Å². The fourth-order valence-corrected chi connectivity index (χ4v) is 6.59. The summed E-state index contributed by atoms with van der Waals surface area (Å²) in [4.78, 5) is 30.0. The van der Waals surface area contributed by atoms with Gasteiger partial charge in [0.05, 0.1) is 11.2 Å². The summed E-state index contributed by atoms with van der Waals surface area (Å²) in [5.41, 5.74) is 2.18. The van der Waals surface area contributed by atoms with E-state index in [9.17, 15) is 32.3 Å². The molecule has 0 bridgehead atoms. The topological polar surface area (TPSA) is 78.7 Å². The highest BCUT2D eigenvalue weighted by atomic mass is 19.4. The van der Waals surface area contributed by atoms with E-state index in [1.54, 1.807) is 20.5 Å². The van der Waals surface area contributed by atoms with E-state index in [1.807, 2.05) is 0 Å². The lowest BCUT2D eigenvalue weighted by molar-refractivity contribution is -0.138. The van der Waals surface area contributed by atoms with Crippen molar-refractivity contribution in [2.75, 3.05) is 32.9 Å². The number of aliphatic hydroxyl groups is 1. The summed E-state index contributed by atoms with van der Waals surface area (Å²) >= 11 is 0. The van der Waals surface area contributed by atoms with Gasteiger partial charge in [-0.3, -0.25) is 14.3 Å². The number of carbonyl (C=O) groups excluding carboxylic acids is 2. The summed E-state index contributed by atoms with van der Waals surface area (Å²) in [5, 5.41) is 14.8. The molecule has 2 aromatic rings. The van der Waals surface area contributed by atoms with E-state index in [0.29, 0.717) is 43.6 Å². The van der Waals surface area contributed by atoms with Gasteiger partial charge in [0.25, 0.3) is 5.91 Å². The minimum Gasteiger partial charge on any atom is -0.387 e. The molecule has 2 aliphatic carbocycles. The Hall–Kier alpha value is -3.21. The second-order valence-corrected chi connectivity index (χ2v) is 11.6. The molecule has 2 aliphatic heterocycles. The molecule has 1 atom stereocenters. The molecule has 4 aliphatic rings. The van der Waals surface area contributed by atoms with Crippen LogP contribution in [0.5, 0.6) is 0 Å². The molecule has 1 N–H and O–H groups in total. The Morgan fingerprint density at radius 2 is 1.80 bits per heavy atom. The van der Waals surface area contributed by atoms with Gasteiger partial charge >= 0.3 is 6.18 Å². The fraction of sp³-hybridized carbons (Fsp3) is 0.552. The van der Waals surface area contributed by atoms with Crippen molar-refractivity contribution in [2.45, 2.75) is 69.2 Å². The molecule has 7 nitrogen and oxygen atoms in total. The second-order valence-electron chi connectivity index (χ2n) is 11.6. The number of nitrogens with zero attached hydrogens (tertiary/aromatic N) is 4. The highest BCUT2D eigenvalue weighted by Gasteiger charge is 2.44. The number of carbonyl (C=O) groups is 2. The zero-order valence-electron chi connectivity index (χ0n) is 22.3. The van der Waals surface area contributed by atoms with Crippen molar-refractivity contribution in [1.29, 1.82) is 0 Å². The standard InChI is InChI=1S/C29H32F4N4O3/c1-17-20(3-2-4-22(17)29(31,32)33)18-5-9-35(10-6-18)24(38)15-37-23-14-19-13-21(19)25(23)26(34-37)27(39)36-11-7-28(40,16-30)8-12-36/h2-4,13,18,21,40H,5-12,14-16H2,1H3/t21-/m1/s1. The van der Waals surface area contributed by atoms with Crippen LogP contribution in [-0.2, 0) is 23.9 Å². The molecule has 214 valence electrons. The number of aromatic nitrogens is 2. The van der Waals surface area contributed by atoms with Crippen LogP contribution in [0.3, 0.4) is 0 Å². The highest BCUT2D eigenvalue weighted by molar-refractivity contribution is 5.95. The smallest absolute Gasteiger partial charge is 0.387 e. The number of rotatable bonds is 5. The highest BCUT2D eigenvalue weighted by Crippen LogP contribution is 2.51. The maximum Gasteiger partial charge on any atom is 0.416 e. The predicted molar refractivity (Wildman–Crippen MR) is 138 cm³/mol. The molecule has 11 heteroatoms. The van der Waals surface area contributed by atoms with Crippen LogP contribution in [0.4, 0.5) is 17.6 Å². The SMILES string of the molecule is Cc1c(C2CCN(C(=O)Cn3nc(C(=O)N4CCC(O)(CF)CC4)c4c3CC3=C[C@H]34)CC2)cccc1C(F)(F)F. The predicted octanol–water partition coefficient (Wildman–Crippen LogP) is 4.13. The van der Waals surface area contributed by atoms with Crippen LogP contribution in [0.2, 0.25) is 0 Å². The quantitative estimate of drug-likeness (QED) is 0.441. The van der Waals surface area contributed by atoms with E-state index in [1.165, 1.54) is 18.6 Å². The molecule has 3 heterocycles. The monoisotopic (exact) mass is 560 g/mol. The zero-order chi connectivity index (χ0) is 28.4. The molecule has 0 saturated carbocycles. The number of benzene rings is 1. The average molecular weight is 561 g/mol. The van der Waals surface area contributed by atoms with Crippen molar-refractivity contribution in [3.63, 3.8) is 0 Å². The molecule has 1 aromatic heterocycles. The molecule has 2 saturated heterocycles. The van der Waals surface area contributed by atoms with Crippen molar-refractivity contribution < 1.29 is 32.3 Å². The van der Waals surface area contributed by atoms with Gasteiger partial charge in [-0.05, 0) is 55.7 Å². The van der Waals surface area contributed by atoms with Gasteiger partial charge in [0.2, 0.25) is 5.91 Å². The molecule has 0 spiro atoms. The molecule has 1 aromatic carbocycles. The van der Waals surface area contributed by atoms with Gasteiger partial charge in [-0.15, -0.1) is 0 Å². The average Bonchev–Trinajstić information content (AvgIpc) is 3.46. The van der Waals surface area contributed by atoms with E-state index >= 15 is 0 Å². The Labute approximate surface area is 229 Å². The third-order valence-electron chi connectivity index (χ3n) is 9.14. The van der Waals surface area contributed by atoms with Gasteiger partial charge < -0.3 is 14.9 Å². The summed E-state index contributed by atoms with van der Waals surface area (Å²) < 4.78 is 54.9. The number of allylic oxidation sites excluding steroid dienone is 2. The maximum atomic E-state index is 13.4. The lowest BCUT2D eigenvalue weighted by Gasteiger charge is -2.36. The van der Waals surface area contributed by atoms with Crippen molar-refractivity contribution in [1.82, 2.24) is 19.6 Å². The lowest BCUT2D eigenvalue weighted by atomic mass is 9.85. The molecule has 40 heavy (non-hydrogen) atoms. The minimum atomic E-state index is -4.40. The summed E-state index contributed by atoms with van der Waals surface area (Å²) in [6.45, 7) is 2.02. The van der Waals surface area contributed by atoms with E-state index in [-0.39, 0.29) is 61.7 Å². The van der Waals surface area contributed by atoms with Gasteiger partial charge in [0.1, 0.15) is 13.2 Å². The fourth-order valence-electron chi connectivity index (χ4n) is 6.59. The van der Waals surface area contributed by atoms with Gasteiger partial charge in [-0.2, -0.15) is 18.3 Å². The van der Waals surface area contributed by atoms with Gasteiger partial charge in [-0.1, -0.05) is 23.8 Å². The lowest BCUT2D eigenvalue weighted by Crippen LogP contribution is -2.48. The first kappa shape index (κ1) is 27.0. The Bertz CT molecular complexity index is 1380. The molecule has 2 fully saturated rings. The van der Waals surface area contributed by atoms with E-state index in [2.05, 4.69) is 11.2 Å². The van der Waals surface area contributed by atoms with Crippen molar-refractivity contribution >= 4 is 11.8 Å². The van der Waals surface area contributed by atoms with Crippen LogP contribution in [0.1, 0.15) is 76.0 Å². The molecule has 0 radical (unpaired) electrons. The van der Waals surface area contributed by atoms with Crippen molar-refractivity contribution in [3.05, 3.63) is 63.5 Å². The van der Waals surface area contributed by atoms with Crippen LogP contribution < -0.4 is 0 Å². The molecular formula is C29H32F4N4O3. The third kappa shape index (κ3) is 4.71. The van der Waals surface area contributed by atoms with Gasteiger partial charge in [-0.25, -0.2) is 4.39 Å². The molecule has 0 unspecified atom stereocenters. The summed E-state index contributed by atoms with van der Waals surface area (Å²) in [7, 11) is 0. The zero-order valence-corrected chi connectivity index (χ0v) is 22.3. The first-order chi connectivity index (χ1) is 19.0. The summed E-state index contributed by atoms with van der Waals surface area (Å²) in [6, 6.07) is 4.30. The number of piperidine rings is 2. The summed E-state index contributed by atoms with van der Waals surface area (Å²) in [5.74, 6) is -0.369. The van der Waals surface area contributed by atoms with Crippen LogP contribution >= 0.6 is 0 Å². The number of likely N-dealkylation sites (tertiary alicyclic amines) is 2. The largest absolute Gasteiger partial charge is 0.416 e. The number of hydrogen-bond donors (Lipinski definition) is 1. The third-order valence-corrected chi connectivity index (χ3v) is 9.14. The molecular weight excluding hydrogens is 528 g/mol. The summed E-state index contributed by atoms with van der Waals surface area (Å²) in [6.07, 6.45) is -0.186. The Morgan fingerprint density at radius 1 is 1.10 bits per heavy atom. The Balaban J connectivity index is 1.13. The number of halogens is 4. The van der Waals surface area contributed by atoms with E-state index < -0.39 is 24.0 Å².